The molecule has 1 aromatic carbocycles. The van der Waals surface area contributed by atoms with E-state index in [2.05, 4.69) is 24.5 Å². The van der Waals surface area contributed by atoms with Crippen molar-refractivity contribution in [3.05, 3.63) is 34.9 Å². The molecule has 1 rings (SSSR count). The van der Waals surface area contributed by atoms with E-state index in [1.54, 1.807) is 24.3 Å². The van der Waals surface area contributed by atoms with Gasteiger partial charge in [0.15, 0.2) is 0 Å². The molecular weight excluding hydrogens is 312 g/mol. The smallest absolute Gasteiger partial charge is 0.251 e. The summed E-state index contributed by atoms with van der Waals surface area (Å²) in [4.78, 5) is 23.7. The molecule has 23 heavy (non-hydrogen) atoms. The fourth-order valence-electron chi connectivity index (χ4n) is 2.16. The van der Waals surface area contributed by atoms with Gasteiger partial charge in [-0.2, -0.15) is 0 Å². The highest BCUT2D eigenvalue weighted by atomic mass is 35.5. The predicted octanol–water partition coefficient (Wildman–Crippen LogP) is 3.79. The van der Waals surface area contributed by atoms with E-state index >= 15 is 0 Å². The van der Waals surface area contributed by atoms with Crippen LogP contribution in [0.4, 0.5) is 0 Å². The maximum absolute atomic E-state index is 11.9. The highest BCUT2D eigenvalue weighted by Gasteiger charge is 2.09. The number of hydrogen-bond donors (Lipinski definition) is 2. The average Bonchev–Trinajstić information content (AvgIpc) is 2.50. The number of rotatable bonds is 9. The van der Waals surface area contributed by atoms with Crippen LogP contribution in [0.5, 0.6) is 0 Å². The Bertz CT molecular complexity index is 500. The van der Waals surface area contributed by atoms with E-state index in [9.17, 15) is 9.59 Å². The zero-order valence-electron chi connectivity index (χ0n) is 14.2. The quantitative estimate of drug-likeness (QED) is 0.673. The fourth-order valence-corrected chi connectivity index (χ4v) is 2.28. The Labute approximate surface area is 144 Å². The van der Waals surface area contributed by atoms with Gasteiger partial charge in [0, 0.05) is 29.6 Å². The third-order valence-electron chi connectivity index (χ3n) is 3.56. The number of halogens is 1. The molecule has 5 heteroatoms. The Morgan fingerprint density at radius 2 is 1.74 bits per heavy atom. The Hall–Kier alpha value is -1.55. The minimum Gasteiger partial charge on any atom is -0.354 e. The number of amides is 2. The molecule has 0 bridgehead atoms. The van der Waals surface area contributed by atoms with Gasteiger partial charge >= 0.3 is 0 Å². The van der Waals surface area contributed by atoms with Crippen molar-refractivity contribution in [1.82, 2.24) is 10.6 Å². The SMILES string of the molecule is CC(C)CC[C@@H](C)NC(=O)CCCNC(=O)c1ccc(Cl)cc1. The van der Waals surface area contributed by atoms with E-state index < -0.39 is 0 Å². The monoisotopic (exact) mass is 338 g/mol. The zero-order valence-corrected chi connectivity index (χ0v) is 15.0. The molecule has 0 aliphatic heterocycles. The predicted molar refractivity (Wildman–Crippen MR) is 94.7 cm³/mol. The van der Waals surface area contributed by atoms with Gasteiger partial charge < -0.3 is 10.6 Å². The molecular formula is C18H27ClN2O2. The van der Waals surface area contributed by atoms with Crippen molar-refractivity contribution in [1.29, 1.82) is 0 Å². The van der Waals surface area contributed by atoms with Crippen LogP contribution in [-0.2, 0) is 4.79 Å². The summed E-state index contributed by atoms with van der Waals surface area (Å²) in [7, 11) is 0. The topological polar surface area (TPSA) is 58.2 Å². The Balaban J connectivity index is 2.17. The van der Waals surface area contributed by atoms with Gasteiger partial charge in [-0.25, -0.2) is 0 Å². The molecule has 0 fully saturated rings. The second-order valence-electron chi connectivity index (χ2n) is 6.31. The van der Waals surface area contributed by atoms with Crippen LogP contribution in [0.25, 0.3) is 0 Å². The van der Waals surface area contributed by atoms with Gasteiger partial charge in [0.2, 0.25) is 5.91 Å². The molecule has 0 unspecified atom stereocenters. The number of nitrogens with one attached hydrogen (secondary N) is 2. The highest BCUT2D eigenvalue weighted by molar-refractivity contribution is 6.30. The molecule has 0 saturated heterocycles. The first-order chi connectivity index (χ1) is 10.9. The number of carbonyl (C=O) groups is 2. The van der Waals surface area contributed by atoms with E-state index in [-0.39, 0.29) is 17.9 Å². The molecule has 1 atom stereocenters. The van der Waals surface area contributed by atoms with Crippen molar-refractivity contribution in [3.63, 3.8) is 0 Å². The Morgan fingerprint density at radius 3 is 2.35 bits per heavy atom. The molecule has 0 saturated carbocycles. The normalized spacial score (nSPS) is 12.0. The minimum atomic E-state index is -0.146. The number of benzene rings is 1. The van der Waals surface area contributed by atoms with Crippen molar-refractivity contribution in [2.45, 2.75) is 52.5 Å². The summed E-state index contributed by atoms with van der Waals surface area (Å²) in [6.07, 6.45) is 3.16. The van der Waals surface area contributed by atoms with E-state index in [0.29, 0.717) is 35.9 Å². The lowest BCUT2D eigenvalue weighted by Crippen LogP contribution is -2.33. The summed E-state index contributed by atoms with van der Waals surface area (Å²) in [5.41, 5.74) is 0.571. The second kappa shape index (κ2) is 10.3. The summed E-state index contributed by atoms with van der Waals surface area (Å²) in [6.45, 7) is 6.87. The molecule has 0 aliphatic carbocycles. The molecule has 2 amide bonds. The molecule has 0 heterocycles. The third kappa shape index (κ3) is 8.60. The number of carbonyl (C=O) groups excluding carboxylic acids is 2. The van der Waals surface area contributed by atoms with Gasteiger partial charge in [-0.15, -0.1) is 0 Å². The third-order valence-corrected chi connectivity index (χ3v) is 3.81. The molecule has 0 radical (unpaired) electrons. The Kier molecular flexibility index (Phi) is 8.70. The molecule has 0 spiro atoms. The van der Waals surface area contributed by atoms with Crippen LogP contribution in [0.3, 0.4) is 0 Å². The maximum Gasteiger partial charge on any atom is 0.251 e. The van der Waals surface area contributed by atoms with Gasteiger partial charge in [0.1, 0.15) is 0 Å². The van der Waals surface area contributed by atoms with Crippen molar-refractivity contribution < 1.29 is 9.59 Å². The molecule has 0 aromatic heterocycles. The molecule has 1 aromatic rings. The zero-order chi connectivity index (χ0) is 17.2. The van der Waals surface area contributed by atoms with Crippen LogP contribution in [0.15, 0.2) is 24.3 Å². The summed E-state index contributed by atoms with van der Waals surface area (Å²) in [5, 5.41) is 6.40. The first kappa shape index (κ1) is 19.5. The van der Waals surface area contributed by atoms with Crippen LogP contribution in [0.1, 0.15) is 56.8 Å². The van der Waals surface area contributed by atoms with E-state index in [4.69, 9.17) is 11.6 Å². The van der Waals surface area contributed by atoms with Crippen LogP contribution >= 0.6 is 11.6 Å². The standard InChI is InChI=1S/C18H27ClN2O2/c1-13(2)6-7-14(3)21-17(22)5-4-12-20-18(23)15-8-10-16(19)11-9-15/h8-11,13-14H,4-7,12H2,1-3H3,(H,20,23)(H,21,22)/t14-/m1/s1. The van der Waals surface area contributed by atoms with Crippen molar-refractivity contribution in [2.24, 2.45) is 5.92 Å². The van der Waals surface area contributed by atoms with Crippen molar-refractivity contribution in [3.8, 4) is 0 Å². The number of hydrogen-bond acceptors (Lipinski definition) is 2. The van der Waals surface area contributed by atoms with E-state index in [0.717, 1.165) is 12.8 Å². The highest BCUT2D eigenvalue weighted by Crippen LogP contribution is 2.09. The molecule has 4 nitrogen and oxygen atoms in total. The lowest BCUT2D eigenvalue weighted by Gasteiger charge is -2.15. The summed E-state index contributed by atoms with van der Waals surface area (Å²) in [5.74, 6) is 0.548. The van der Waals surface area contributed by atoms with Crippen LogP contribution in [-0.4, -0.2) is 24.4 Å². The van der Waals surface area contributed by atoms with Crippen LogP contribution < -0.4 is 10.6 Å². The molecule has 2 N–H and O–H groups in total. The lowest BCUT2D eigenvalue weighted by atomic mass is 10.0. The van der Waals surface area contributed by atoms with Crippen LogP contribution in [0.2, 0.25) is 5.02 Å². The van der Waals surface area contributed by atoms with Gasteiger partial charge in [-0.3, -0.25) is 9.59 Å². The first-order valence-electron chi connectivity index (χ1n) is 8.21. The molecule has 128 valence electrons. The summed E-state index contributed by atoms with van der Waals surface area (Å²) >= 11 is 5.78. The Morgan fingerprint density at radius 1 is 1.09 bits per heavy atom. The molecule has 0 aliphatic rings. The summed E-state index contributed by atoms with van der Waals surface area (Å²) < 4.78 is 0. The van der Waals surface area contributed by atoms with Crippen molar-refractivity contribution in [2.75, 3.05) is 6.54 Å². The second-order valence-corrected chi connectivity index (χ2v) is 6.74. The minimum absolute atomic E-state index is 0.0435. The van der Waals surface area contributed by atoms with Gasteiger partial charge in [-0.1, -0.05) is 25.4 Å². The van der Waals surface area contributed by atoms with Crippen LogP contribution in [0, 0.1) is 5.92 Å². The largest absolute Gasteiger partial charge is 0.354 e. The maximum atomic E-state index is 11.9. The first-order valence-corrected chi connectivity index (χ1v) is 8.59. The van der Waals surface area contributed by atoms with E-state index in [1.807, 2.05) is 6.92 Å². The average molecular weight is 339 g/mol. The van der Waals surface area contributed by atoms with Gasteiger partial charge in [0.05, 0.1) is 0 Å². The van der Waals surface area contributed by atoms with E-state index in [1.165, 1.54) is 0 Å². The fraction of sp³-hybridized carbons (Fsp3) is 0.556. The summed E-state index contributed by atoms with van der Waals surface area (Å²) in [6, 6.07) is 6.93. The van der Waals surface area contributed by atoms with Gasteiger partial charge in [-0.05, 0) is 56.4 Å². The lowest BCUT2D eigenvalue weighted by molar-refractivity contribution is -0.121. The van der Waals surface area contributed by atoms with Gasteiger partial charge in [0.25, 0.3) is 5.91 Å². The van der Waals surface area contributed by atoms with Crippen molar-refractivity contribution >= 4 is 23.4 Å².